The minimum atomic E-state index is -1.14. The second-order valence-corrected chi connectivity index (χ2v) is 3.93. The number of nitrogens with one attached hydrogen (secondary N) is 1. The van der Waals surface area contributed by atoms with E-state index >= 15 is 0 Å². The molecular formula is C11H16N2O4. The van der Waals surface area contributed by atoms with E-state index in [2.05, 4.69) is 5.32 Å². The van der Waals surface area contributed by atoms with E-state index < -0.39 is 17.1 Å². The van der Waals surface area contributed by atoms with Crippen molar-refractivity contribution in [3.8, 4) is 0 Å². The number of aliphatic hydroxyl groups is 2. The van der Waals surface area contributed by atoms with Crippen molar-refractivity contribution in [3.63, 3.8) is 0 Å². The van der Waals surface area contributed by atoms with Gasteiger partial charge in [-0.2, -0.15) is 0 Å². The summed E-state index contributed by atoms with van der Waals surface area (Å²) in [7, 11) is 1.65. The Hall–Kier alpha value is -1.50. The van der Waals surface area contributed by atoms with Gasteiger partial charge in [0.05, 0.1) is 11.0 Å². The lowest BCUT2D eigenvalue weighted by Gasteiger charge is -2.18. The Balaban J connectivity index is 3.01. The van der Waals surface area contributed by atoms with E-state index in [0.29, 0.717) is 11.1 Å². The SMILES string of the molecule is CNCC(O)C(O)c1cc(C)cc([N+](=O)[O-])c1. The summed E-state index contributed by atoms with van der Waals surface area (Å²) in [5, 5.41) is 32.8. The summed E-state index contributed by atoms with van der Waals surface area (Å²) >= 11 is 0. The van der Waals surface area contributed by atoms with Crippen molar-refractivity contribution in [2.24, 2.45) is 0 Å². The molecule has 0 spiro atoms. The van der Waals surface area contributed by atoms with Gasteiger partial charge in [0.2, 0.25) is 0 Å². The number of hydrogen-bond acceptors (Lipinski definition) is 5. The Bertz CT molecular complexity index is 408. The van der Waals surface area contributed by atoms with Crippen molar-refractivity contribution in [2.75, 3.05) is 13.6 Å². The van der Waals surface area contributed by atoms with Gasteiger partial charge in [-0.1, -0.05) is 6.07 Å². The summed E-state index contributed by atoms with van der Waals surface area (Å²) in [6.45, 7) is 1.91. The number of nitro groups is 1. The van der Waals surface area contributed by atoms with E-state index in [-0.39, 0.29) is 12.2 Å². The molecule has 17 heavy (non-hydrogen) atoms. The van der Waals surface area contributed by atoms with Gasteiger partial charge >= 0.3 is 0 Å². The lowest BCUT2D eigenvalue weighted by atomic mass is 10.0. The van der Waals surface area contributed by atoms with E-state index in [1.807, 2.05) is 0 Å². The second kappa shape index (κ2) is 5.72. The van der Waals surface area contributed by atoms with Crippen LogP contribution in [0.2, 0.25) is 0 Å². The van der Waals surface area contributed by atoms with Crippen molar-refractivity contribution in [2.45, 2.75) is 19.1 Å². The van der Waals surface area contributed by atoms with Crippen LogP contribution in [-0.4, -0.2) is 34.8 Å². The Morgan fingerprint density at radius 3 is 2.59 bits per heavy atom. The fourth-order valence-corrected chi connectivity index (χ4v) is 1.61. The quantitative estimate of drug-likeness (QED) is 0.515. The van der Waals surface area contributed by atoms with Gasteiger partial charge < -0.3 is 15.5 Å². The summed E-state index contributed by atoms with van der Waals surface area (Å²) < 4.78 is 0. The lowest BCUT2D eigenvalue weighted by Crippen LogP contribution is -2.29. The Morgan fingerprint density at radius 2 is 2.06 bits per heavy atom. The standard InChI is InChI=1S/C11H16N2O4/c1-7-3-8(5-9(4-7)13(16)17)11(15)10(14)6-12-2/h3-5,10-12,14-15H,6H2,1-2H3. The first-order valence-electron chi connectivity index (χ1n) is 5.22. The zero-order valence-corrected chi connectivity index (χ0v) is 9.75. The molecule has 1 aromatic carbocycles. The van der Waals surface area contributed by atoms with Crippen molar-refractivity contribution in [1.82, 2.24) is 5.32 Å². The van der Waals surface area contributed by atoms with Gasteiger partial charge in [-0.3, -0.25) is 10.1 Å². The topological polar surface area (TPSA) is 95.6 Å². The zero-order chi connectivity index (χ0) is 13.0. The molecule has 0 bridgehead atoms. The number of rotatable bonds is 5. The molecule has 2 unspecified atom stereocenters. The van der Waals surface area contributed by atoms with Crippen LogP contribution in [0.25, 0.3) is 0 Å². The molecule has 0 saturated heterocycles. The first kappa shape index (κ1) is 13.6. The molecule has 0 aromatic heterocycles. The summed E-state index contributed by atoms with van der Waals surface area (Å²) in [6, 6.07) is 4.31. The normalized spacial score (nSPS) is 14.4. The third-order valence-corrected chi connectivity index (χ3v) is 2.41. The van der Waals surface area contributed by atoms with Crippen molar-refractivity contribution in [3.05, 3.63) is 39.4 Å². The molecule has 0 radical (unpaired) electrons. The van der Waals surface area contributed by atoms with E-state index in [9.17, 15) is 20.3 Å². The predicted octanol–water partition coefficient (Wildman–Crippen LogP) is 0.517. The molecule has 1 aromatic rings. The molecule has 6 heteroatoms. The first-order chi connectivity index (χ1) is 7.95. The molecule has 6 nitrogen and oxygen atoms in total. The molecule has 0 aliphatic carbocycles. The van der Waals surface area contributed by atoms with Gasteiger partial charge in [0.1, 0.15) is 6.10 Å². The number of benzene rings is 1. The highest BCUT2D eigenvalue weighted by Gasteiger charge is 2.20. The molecular weight excluding hydrogens is 224 g/mol. The van der Waals surface area contributed by atoms with Crippen LogP contribution in [-0.2, 0) is 0 Å². The lowest BCUT2D eigenvalue weighted by molar-refractivity contribution is -0.385. The monoisotopic (exact) mass is 240 g/mol. The minimum Gasteiger partial charge on any atom is -0.389 e. The van der Waals surface area contributed by atoms with Gasteiger partial charge in [0.15, 0.2) is 0 Å². The molecule has 0 amide bonds. The second-order valence-electron chi connectivity index (χ2n) is 3.93. The minimum absolute atomic E-state index is 0.0873. The molecule has 0 saturated carbocycles. The van der Waals surface area contributed by atoms with Crippen LogP contribution in [0.5, 0.6) is 0 Å². The maximum absolute atomic E-state index is 10.7. The summed E-state index contributed by atoms with van der Waals surface area (Å²) in [5.74, 6) is 0. The van der Waals surface area contributed by atoms with Crippen LogP contribution >= 0.6 is 0 Å². The van der Waals surface area contributed by atoms with Crippen LogP contribution in [0, 0.1) is 17.0 Å². The van der Waals surface area contributed by atoms with Gasteiger partial charge in [0, 0.05) is 18.7 Å². The molecule has 0 aliphatic rings. The fourth-order valence-electron chi connectivity index (χ4n) is 1.61. The number of nitro benzene ring substituents is 1. The molecule has 0 heterocycles. The van der Waals surface area contributed by atoms with Gasteiger partial charge in [0.25, 0.3) is 5.69 Å². The number of likely N-dealkylation sites (N-methyl/N-ethyl adjacent to an activating group) is 1. The Kier molecular flexibility index (Phi) is 4.56. The summed E-state index contributed by atoms with van der Waals surface area (Å²) in [5.41, 5.74) is 0.931. The number of non-ortho nitro benzene ring substituents is 1. The van der Waals surface area contributed by atoms with Crippen molar-refractivity contribution in [1.29, 1.82) is 0 Å². The van der Waals surface area contributed by atoms with Gasteiger partial charge in [-0.25, -0.2) is 0 Å². The predicted molar refractivity (Wildman–Crippen MR) is 62.7 cm³/mol. The van der Waals surface area contributed by atoms with Crippen LogP contribution in [0.1, 0.15) is 17.2 Å². The van der Waals surface area contributed by atoms with E-state index in [0.717, 1.165) is 0 Å². The molecule has 0 aliphatic heterocycles. The van der Waals surface area contributed by atoms with Gasteiger partial charge in [-0.15, -0.1) is 0 Å². The largest absolute Gasteiger partial charge is 0.389 e. The van der Waals surface area contributed by atoms with Crippen LogP contribution in [0.3, 0.4) is 0 Å². The molecule has 94 valence electrons. The molecule has 1 rings (SSSR count). The first-order valence-corrected chi connectivity index (χ1v) is 5.22. The maximum atomic E-state index is 10.7. The highest BCUT2D eigenvalue weighted by atomic mass is 16.6. The van der Waals surface area contributed by atoms with Crippen LogP contribution < -0.4 is 5.32 Å². The van der Waals surface area contributed by atoms with E-state index in [4.69, 9.17) is 0 Å². The highest BCUT2D eigenvalue weighted by molar-refractivity contribution is 5.40. The number of aryl methyl sites for hydroxylation is 1. The number of hydrogen-bond donors (Lipinski definition) is 3. The van der Waals surface area contributed by atoms with Crippen molar-refractivity contribution < 1.29 is 15.1 Å². The van der Waals surface area contributed by atoms with Crippen LogP contribution in [0.4, 0.5) is 5.69 Å². The average molecular weight is 240 g/mol. The number of nitrogens with zero attached hydrogens (tertiary/aromatic N) is 1. The molecule has 0 fully saturated rings. The van der Waals surface area contributed by atoms with E-state index in [1.54, 1.807) is 20.0 Å². The highest BCUT2D eigenvalue weighted by Crippen LogP contribution is 2.23. The fraction of sp³-hybridized carbons (Fsp3) is 0.455. The summed E-state index contributed by atoms with van der Waals surface area (Å²) in [6.07, 6.45) is -2.14. The average Bonchev–Trinajstić information content (AvgIpc) is 2.27. The Labute approximate surface area is 99.0 Å². The third kappa shape index (κ3) is 3.48. The van der Waals surface area contributed by atoms with Crippen molar-refractivity contribution >= 4 is 5.69 Å². The van der Waals surface area contributed by atoms with Gasteiger partial charge in [-0.05, 0) is 25.1 Å². The van der Waals surface area contributed by atoms with E-state index in [1.165, 1.54) is 12.1 Å². The third-order valence-electron chi connectivity index (χ3n) is 2.41. The summed E-state index contributed by atoms with van der Waals surface area (Å²) in [4.78, 5) is 10.2. The smallest absolute Gasteiger partial charge is 0.270 e. The molecule has 2 atom stereocenters. The molecule has 3 N–H and O–H groups in total. The Morgan fingerprint density at radius 1 is 1.41 bits per heavy atom. The number of aliphatic hydroxyl groups excluding tert-OH is 2. The maximum Gasteiger partial charge on any atom is 0.270 e. The van der Waals surface area contributed by atoms with Crippen LogP contribution in [0.15, 0.2) is 18.2 Å². The zero-order valence-electron chi connectivity index (χ0n) is 9.75.